The second-order valence-electron chi connectivity index (χ2n) is 5.59. The van der Waals surface area contributed by atoms with Gasteiger partial charge < -0.3 is 9.84 Å². The fourth-order valence-corrected chi connectivity index (χ4v) is 2.73. The zero-order valence-electron chi connectivity index (χ0n) is 13.8. The van der Waals surface area contributed by atoms with Crippen LogP contribution in [0.4, 0.5) is 5.69 Å². The lowest BCUT2D eigenvalue weighted by Crippen LogP contribution is -2.14. The number of aromatic nitrogens is 4. The van der Waals surface area contributed by atoms with Crippen molar-refractivity contribution in [1.29, 1.82) is 0 Å². The molecule has 0 bridgehead atoms. The van der Waals surface area contributed by atoms with Crippen molar-refractivity contribution in [3.05, 3.63) is 65.4 Å². The van der Waals surface area contributed by atoms with E-state index in [-0.39, 0.29) is 5.91 Å². The van der Waals surface area contributed by atoms with Gasteiger partial charge in [0.05, 0.1) is 16.9 Å². The van der Waals surface area contributed by atoms with Crippen LogP contribution in [0, 0.1) is 0 Å². The van der Waals surface area contributed by atoms with Gasteiger partial charge in [0, 0.05) is 18.2 Å². The molecule has 0 unspecified atom stereocenters. The number of carbonyl (C=O) groups excluding carboxylic acids is 1. The highest BCUT2D eigenvalue weighted by Crippen LogP contribution is 2.28. The van der Waals surface area contributed by atoms with E-state index >= 15 is 0 Å². The molecule has 0 fully saturated rings. The van der Waals surface area contributed by atoms with Gasteiger partial charge in [-0.3, -0.25) is 9.20 Å². The lowest BCUT2D eigenvalue weighted by molar-refractivity contribution is 0.102. The molecule has 3 aromatic heterocycles. The molecule has 1 aromatic carbocycles. The Kier molecular flexibility index (Phi) is 4.14. The van der Waals surface area contributed by atoms with Crippen molar-refractivity contribution in [1.82, 2.24) is 19.5 Å². The lowest BCUT2D eigenvalue weighted by Gasteiger charge is -2.08. The summed E-state index contributed by atoms with van der Waals surface area (Å²) < 4.78 is 6.84. The molecule has 0 radical (unpaired) electrons. The molecule has 0 aliphatic carbocycles. The molecule has 0 saturated carbocycles. The Morgan fingerprint density at radius 1 is 1.31 bits per heavy atom. The highest BCUT2D eigenvalue weighted by Gasteiger charge is 2.15. The molecule has 3 heterocycles. The second kappa shape index (κ2) is 6.61. The normalized spacial score (nSPS) is 11.0. The number of anilines is 1. The van der Waals surface area contributed by atoms with Gasteiger partial charge in [0.2, 0.25) is 11.7 Å². The summed E-state index contributed by atoms with van der Waals surface area (Å²) in [7, 11) is 0. The quantitative estimate of drug-likeness (QED) is 0.592. The molecule has 1 N–H and O–H groups in total. The fraction of sp³-hybridized carbons (Fsp3) is 0.111. The predicted molar refractivity (Wildman–Crippen MR) is 97.3 cm³/mol. The number of fused-ring (bicyclic) bond motifs is 1. The van der Waals surface area contributed by atoms with E-state index in [0.717, 1.165) is 0 Å². The van der Waals surface area contributed by atoms with Crippen molar-refractivity contribution in [3.63, 3.8) is 0 Å². The van der Waals surface area contributed by atoms with E-state index in [9.17, 15) is 4.79 Å². The molecule has 0 saturated heterocycles. The predicted octanol–water partition coefficient (Wildman–Crippen LogP) is 3.85. The Bertz CT molecular complexity index is 1100. The molecular weight excluding hydrogens is 354 g/mol. The van der Waals surface area contributed by atoms with Crippen LogP contribution in [0.15, 0.2) is 53.3 Å². The van der Waals surface area contributed by atoms with Crippen LogP contribution in [0.2, 0.25) is 5.02 Å². The molecular formula is C18H14ClN5O2. The van der Waals surface area contributed by atoms with Gasteiger partial charge in [-0.15, -0.1) is 0 Å². The van der Waals surface area contributed by atoms with E-state index < -0.39 is 0 Å². The maximum absolute atomic E-state index is 12.7. The van der Waals surface area contributed by atoms with Gasteiger partial charge in [-0.25, -0.2) is 4.98 Å². The Morgan fingerprint density at radius 2 is 2.19 bits per heavy atom. The largest absolute Gasteiger partial charge is 0.339 e. The van der Waals surface area contributed by atoms with Crippen LogP contribution in [0.5, 0.6) is 0 Å². The van der Waals surface area contributed by atoms with Gasteiger partial charge in [-0.2, -0.15) is 4.98 Å². The molecule has 130 valence electrons. The molecule has 26 heavy (non-hydrogen) atoms. The third-order valence-electron chi connectivity index (χ3n) is 3.89. The van der Waals surface area contributed by atoms with E-state index in [1.807, 2.05) is 25.1 Å². The van der Waals surface area contributed by atoms with Crippen LogP contribution >= 0.6 is 11.6 Å². The second-order valence-corrected chi connectivity index (χ2v) is 5.99. The van der Waals surface area contributed by atoms with Gasteiger partial charge in [0.1, 0.15) is 11.3 Å². The van der Waals surface area contributed by atoms with Gasteiger partial charge >= 0.3 is 0 Å². The number of rotatable bonds is 4. The maximum atomic E-state index is 12.7. The SMILES string of the molecule is CCc1nc(-c2ccc(Cl)c(NC(=O)c3cnc4ccccn34)c2)no1. The summed E-state index contributed by atoms with van der Waals surface area (Å²) in [5.74, 6) is 0.681. The Balaban J connectivity index is 1.65. The highest BCUT2D eigenvalue weighted by molar-refractivity contribution is 6.34. The summed E-state index contributed by atoms with van der Waals surface area (Å²) in [4.78, 5) is 21.2. The van der Waals surface area contributed by atoms with E-state index in [1.54, 1.807) is 28.8 Å². The van der Waals surface area contributed by atoms with Crippen molar-refractivity contribution in [2.75, 3.05) is 5.32 Å². The monoisotopic (exact) mass is 367 g/mol. The number of nitrogens with one attached hydrogen (secondary N) is 1. The summed E-state index contributed by atoms with van der Waals surface area (Å²) in [6.07, 6.45) is 3.95. The van der Waals surface area contributed by atoms with Gasteiger partial charge in [-0.1, -0.05) is 29.7 Å². The van der Waals surface area contributed by atoms with Gasteiger partial charge in [-0.05, 0) is 30.3 Å². The molecule has 7 nitrogen and oxygen atoms in total. The van der Waals surface area contributed by atoms with Crippen LogP contribution in [-0.2, 0) is 6.42 Å². The van der Waals surface area contributed by atoms with Crippen molar-refractivity contribution in [2.24, 2.45) is 0 Å². The summed E-state index contributed by atoms with van der Waals surface area (Å²) in [5.41, 5.74) is 2.26. The van der Waals surface area contributed by atoms with Crippen molar-refractivity contribution < 1.29 is 9.32 Å². The van der Waals surface area contributed by atoms with Crippen molar-refractivity contribution in [2.45, 2.75) is 13.3 Å². The zero-order valence-corrected chi connectivity index (χ0v) is 14.6. The van der Waals surface area contributed by atoms with E-state index in [2.05, 4.69) is 20.4 Å². The van der Waals surface area contributed by atoms with E-state index in [1.165, 1.54) is 6.20 Å². The minimum atomic E-state index is -0.315. The molecule has 1 amide bonds. The Morgan fingerprint density at radius 3 is 3.00 bits per heavy atom. The number of pyridine rings is 1. The summed E-state index contributed by atoms with van der Waals surface area (Å²) in [6.45, 7) is 1.93. The average Bonchev–Trinajstić information content (AvgIpc) is 3.30. The highest BCUT2D eigenvalue weighted by atomic mass is 35.5. The molecule has 0 aliphatic rings. The topological polar surface area (TPSA) is 85.3 Å². The van der Waals surface area contributed by atoms with Crippen LogP contribution in [-0.4, -0.2) is 25.4 Å². The Hall–Kier alpha value is -3.19. The first-order valence-corrected chi connectivity index (χ1v) is 8.39. The molecule has 0 spiro atoms. The molecule has 0 atom stereocenters. The van der Waals surface area contributed by atoms with Crippen LogP contribution < -0.4 is 5.32 Å². The standard InChI is InChI=1S/C18H14ClN5O2/c1-2-16-22-17(23-26-16)11-6-7-12(19)13(9-11)21-18(25)14-10-20-15-5-3-4-8-24(14)15/h3-10H,2H2,1H3,(H,21,25). The minimum Gasteiger partial charge on any atom is -0.339 e. The van der Waals surface area contributed by atoms with Crippen molar-refractivity contribution >= 4 is 28.8 Å². The van der Waals surface area contributed by atoms with Crippen molar-refractivity contribution in [3.8, 4) is 11.4 Å². The smallest absolute Gasteiger partial charge is 0.274 e. The third-order valence-corrected chi connectivity index (χ3v) is 4.22. The fourth-order valence-electron chi connectivity index (χ4n) is 2.56. The number of carbonyl (C=O) groups is 1. The first kappa shape index (κ1) is 16.3. The number of hydrogen-bond acceptors (Lipinski definition) is 5. The first-order chi connectivity index (χ1) is 12.7. The van der Waals surface area contributed by atoms with Gasteiger partial charge in [0.15, 0.2) is 0 Å². The van der Waals surface area contributed by atoms with E-state index in [0.29, 0.717) is 45.8 Å². The number of amides is 1. The van der Waals surface area contributed by atoms with E-state index in [4.69, 9.17) is 16.1 Å². The third kappa shape index (κ3) is 2.93. The van der Waals surface area contributed by atoms with Gasteiger partial charge in [0.25, 0.3) is 5.91 Å². The number of nitrogens with zero attached hydrogens (tertiary/aromatic N) is 4. The number of hydrogen-bond donors (Lipinski definition) is 1. The molecule has 0 aliphatic heterocycles. The number of aryl methyl sites for hydroxylation is 1. The molecule has 8 heteroatoms. The molecule has 4 aromatic rings. The van der Waals surface area contributed by atoms with Crippen LogP contribution in [0.3, 0.4) is 0 Å². The summed E-state index contributed by atoms with van der Waals surface area (Å²) in [5, 5.41) is 7.17. The number of imidazole rings is 1. The van der Waals surface area contributed by atoms with Crippen LogP contribution in [0.1, 0.15) is 23.3 Å². The minimum absolute atomic E-state index is 0.315. The molecule has 4 rings (SSSR count). The summed E-state index contributed by atoms with van der Waals surface area (Å²) in [6, 6.07) is 10.7. The summed E-state index contributed by atoms with van der Waals surface area (Å²) >= 11 is 6.24. The average molecular weight is 368 g/mol. The van der Waals surface area contributed by atoms with Crippen LogP contribution in [0.25, 0.3) is 17.0 Å². The number of benzene rings is 1. The first-order valence-electron chi connectivity index (χ1n) is 8.01. The number of halogens is 1. The maximum Gasteiger partial charge on any atom is 0.274 e. The lowest BCUT2D eigenvalue weighted by atomic mass is 10.2. The Labute approximate surface area is 153 Å². The zero-order chi connectivity index (χ0) is 18.1.